The van der Waals surface area contributed by atoms with Gasteiger partial charge in [0.1, 0.15) is 0 Å². The molecule has 0 spiro atoms. The molecule has 0 amide bonds. The van der Waals surface area contributed by atoms with Crippen LogP contribution in [0.5, 0.6) is 0 Å². The average molecular weight is 292 g/mol. The SMILES string of the molecule is Cc1csc(-c2nc3c(CN)cccc3n2C)c1Cl. The highest BCUT2D eigenvalue weighted by Gasteiger charge is 2.16. The second-order valence-electron chi connectivity index (χ2n) is 4.55. The minimum absolute atomic E-state index is 0.491. The number of fused-ring (bicyclic) bond motifs is 1. The Balaban J connectivity index is 2.31. The molecule has 0 fully saturated rings. The molecule has 3 nitrogen and oxygen atoms in total. The second-order valence-corrected chi connectivity index (χ2v) is 5.80. The van der Waals surface area contributed by atoms with Crippen LogP contribution >= 0.6 is 22.9 Å². The lowest BCUT2D eigenvalue weighted by atomic mass is 10.2. The van der Waals surface area contributed by atoms with Crippen LogP contribution in [0.4, 0.5) is 0 Å². The summed E-state index contributed by atoms with van der Waals surface area (Å²) < 4.78 is 2.08. The molecule has 0 saturated carbocycles. The van der Waals surface area contributed by atoms with E-state index in [1.165, 1.54) is 0 Å². The number of benzene rings is 1. The first kappa shape index (κ1) is 12.7. The van der Waals surface area contributed by atoms with Crippen LogP contribution in [0.1, 0.15) is 11.1 Å². The number of aryl methyl sites for hydroxylation is 2. The molecule has 0 atom stereocenters. The van der Waals surface area contributed by atoms with Gasteiger partial charge in [0.05, 0.1) is 20.9 Å². The quantitative estimate of drug-likeness (QED) is 0.782. The molecule has 3 aromatic rings. The normalized spacial score (nSPS) is 11.4. The summed E-state index contributed by atoms with van der Waals surface area (Å²) in [6.07, 6.45) is 0. The molecule has 2 aromatic heterocycles. The van der Waals surface area contributed by atoms with Crippen LogP contribution in [0, 0.1) is 6.92 Å². The maximum Gasteiger partial charge on any atom is 0.152 e. The maximum atomic E-state index is 6.35. The molecular formula is C14H14ClN3S. The lowest BCUT2D eigenvalue weighted by molar-refractivity contribution is 0.963. The van der Waals surface area contributed by atoms with Crippen LogP contribution in [0.2, 0.25) is 5.02 Å². The van der Waals surface area contributed by atoms with Gasteiger partial charge in [0.2, 0.25) is 0 Å². The molecule has 2 N–H and O–H groups in total. The molecule has 0 aliphatic heterocycles. The Bertz CT molecular complexity index is 757. The molecule has 0 aliphatic carbocycles. The number of nitrogens with zero attached hydrogens (tertiary/aromatic N) is 2. The van der Waals surface area contributed by atoms with E-state index in [4.69, 9.17) is 22.3 Å². The van der Waals surface area contributed by atoms with E-state index in [2.05, 4.69) is 16.0 Å². The number of hydrogen-bond acceptors (Lipinski definition) is 3. The number of thiophene rings is 1. The van der Waals surface area contributed by atoms with E-state index in [0.717, 1.165) is 37.9 Å². The van der Waals surface area contributed by atoms with Gasteiger partial charge in [0, 0.05) is 13.6 Å². The van der Waals surface area contributed by atoms with Crippen LogP contribution in [0.25, 0.3) is 21.7 Å². The summed E-state index contributed by atoms with van der Waals surface area (Å²) in [7, 11) is 2.01. The zero-order valence-corrected chi connectivity index (χ0v) is 12.3. The molecule has 0 aliphatic rings. The van der Waals surface area contributed by atoms with Gasteiger partial charge in [-0.2, -0.15) is 0 Å². The minimum Gasteiger partial charge on any atom is -0.326 e. The van der Waals surface area contributed by atoms with Gasteiger partial charge in [0.15, 0.2) is 5.82 Å². The number of halogens is 1. The molecule has 0 radical (unpaired) electrons. The fraction of sp³-hybridized carbons (Fsp3) is 0.214. The molecule has 98 valence electrons. The lowest BCUT2D eigenvalue weighted by Crippen LogP contribution is -1.97. The van der Waals surface area contributed by atoms with Gasteiger partial charge in [-0.05, 0) is 29.5 Å². The molecule has 3 rings (SSSR count). The van der Waals surface area contributed by atoms with Crippen molar-refractivity contribution in [3.63, 3.8) is 0 Å². The van der Waals surface area contributed by atoms with Crippen molar-refractivity contribution < 1.29 is 0 Å². The smallest absolute Gasteiger partial charge is 0.152 e. The Kier molecular flexibility index (Phi) is 3.09. The van der Waals surface area contributed by atoms with Crippen LogP contribution in [0.15, 0.2) is 23.6 Å². The van der Waals surface area contributed by atoms with Crippen LogP contribution in [-0.2, 0) is 13.6 Å². The number of hydrogen-bond donors (Lipinski definition) is 1. The van der Waals surface area contributed by atoms with E-state index in [-0.39, 0.29) is 0 Å². The molecule has 0 unspecified atom stereocenters. The predicted molar refractivity (Wildman–Crippen MR) is 81.7 cm³/mol. The Labute approximate surface area is 120 Å². The van der Waals surface area contributed by atoms with Crippen LogP contribution in [-0.4, -0.2) is 9.55 Å². The van der Waals surface area contributed by atoms with E-state index in [1.54, 1.807) is 11.3 Å². The summed E-state index contributed by atoms with van der Waals surface area (Å²) >= 11 is 7.97. The Morgan fingerprint density at radius 1 is 1.42 bits per heavy atom. The Hall–Kier alpha value is -1.36. The highest BCUT2D eigenvalue weighted by atomic mass is 35.5. The molecule has 19 heavy (non-hydrogen) atoms. The average Bonchev–Trinajstić information content (AvgIpc) is 2.92. The van der Waals surface area contributed by atoms with Gasteiger partial charge in [-0.3, -0.25) is 0 Å². The van der Waals surface area contributed by atoms with Crippen molar-refractivity contribution in [1.29, 1.82) is 0 Å². The monoisotopic (exact) mass is 291 g/mol. The summed E-state index contributed by atoms with van der Waals surface area (Å²) in [5, 5.41) is 2.85. The zero-order valence-electron chi connectivity index (χ0n) is 10.8. The molecule has 0 bridgehead atoms. The van der Waals surface area contributed by atoms with Gasteiger partial charge >= 0.3 is 0 Å². The lowest BCUT2D eigenvalue weighted by Gasteiger charge is -2.01. The van der Waals surface area contributed by atoms with E-state index < -0.39 is 0 Å². The van der Waals surface area contributed by atoms with Gasteiger partial charge in [0.25, 0.3) is 0 Å². The first-order valence-corrected chi connectivity index (χ1v) is 7.27. The first-order valence-electron chi connectivity index (χ1n) is 6.01. The summed E-state index contributed by atoms with van der Waals surface area (Å²) in [6, 6.07) is 6.08. The highest BCUT2D eigenvalue weighted by Crippen LogP contribution is 2.37. The summed E-state index contributed by atoms with van der Waals surface area (Å²) in [4.78, 5) is 5.75. The molecule has 2 heterocycles. The predicted octanol–water partition coefficient (Wildman–Crippen LogP) is 3.72. The number of nitrogens with two attached hydrogens (primary N) is 1. The van der Waals surface area contributed by atoms with E-state index in [9.17, 15) is 0 Å². The Morgan fingerprint density at radius 2 is 2.21 bits per heavy atom. The third-order valence-electron chi connectivity index (χ3n) is 3.32. The number of imidazole rings is 1. The number of aromatic nitrogens is 2. The van der Waals surface area contributed by atoms with Crippen molar-refractivity contribution in [3.8, 4) is 10.7 Å². The van der Waals surface area contributed by atoms with Crippen molar-refractivity contribution in [2.24, 2.45) is 12.8 Å². The van der Waals surface area contributed by atoms with Crippen LogP contribution < -0.4 is 5.73 Å². The third kappa shape index (κ3) is 1.87. The summed E-state index contributed by atoms with van der Waals surface area (Å²) in [5.41, 5.74) is 9.97. The van der Waals surface area contributed by atoms with Gasteiger partial charge in [-0.15, -0.1) is 11.3 Å². The van der Waals surface area contributed by atoms with Crippen molar-refractivity contribution in [3.05, 3.63) is 39.7 Å². The van der Waals surface area contributed by atoms with E-state index in [0.29, 0.717) is 6.54 Å². The fourth-order valence-electron chi connectivity index (χ4n) is 2.22. The van der Waals surface area contributed by atoms with Gasteiger partial charge < -0.3 is 10.3 Å². The summed E-state index contributed by atoms with van der Waals surface area (Å²) in [5.74, 6) is 0.902. The van der Waals surface area contributed by atoms with E-state index in [1.807, 2.05) is 26.1 Å². The van der Waals surface area contributed by atoms with Crippen molar-refractivity contribution in [2.75, 3.05) is 0 Å². The van der Waals surface area contributed by atoms with Gasteiger partial charge in [-0.1, -0.05) is 23.7 Å². The third-order valence-corrected chi connectivity index (χ3v) is 5.01. The largest absolute Gasteiger partial charge is 0.326 e. The van der Waals surface area contributed by atoms with Gasteiger partial charge in [-0.25, -0.2) is 4.98 Å². The molecule has 1 aromatic carbocycles. The van der Waals surface area contributed by atoms with Crippen LogP contribution in [0.3, 0.4) is 0 Å². The number of rotatable bonds is 2. The maximum absolute atomic E-state index is 6.35. The molecule has 5 heteroatoms. The van der Waals surface area contributed by atoms with Crippen molar-refractivity contribution in [2.45, 2.75) is 13.5 Å². The zero-order chi connectivity index (χ0) is 13.6. The van der Waals surface area contributed by atoms with E-state index >= 15 is 0 Å². The number of para-hydroxylation sites is 1. The second kappa shape index (κ2) is 4.63. The highest BCUT2D eigenvalue weighted by molar-refractivity contribution is 7.14. The standard InChI is InChI=1S/C14H14ClN3S/c1-8-7-19-13(11(8)15)14-17-12-9(6-16)4-3-5-10(12)18(14)2/h3-5,7H,6,16H2,1-2H3. The van der Waals surface area contributed by atoms with Crippen molar-refractivity contribution >= 4 is 34.0 Å². The topological polar surface area (TPSA) is 43.8 Å². The molecule has 0 saturated heterocycles. The molecular weight excluding hydrogens is 278 g/mol. The minimum atomic E-state index is 0.491. The summed E-state index contributed by atoms with van der Waals surface area (Å²) in [6.45, 7) is 2.50. The first-order chi connectivity index (χ1) is 9.13. The Morgan fingerprint density at radius 3 is 2.84 bits per heavy atom. The fourth-order valence-corrected chi connectivity index (χ4v) is 3.52. The van der Waals surface area contributed by atoms with Crippen molar-refractivity contribution in [1.82, 2.24) is 9.55 Å².